The molecule has 0 radical (unpaired) electrons. The highest BCUT2D eigenvalue weighted by Crippen LogP contribution is 2.34. The quantitative estimate of drug-likeness (QED) is 0.947. The maximum atomic E-state index is 10.5. The van der Waals surface area contributed by atoms with Gasteiger partial charge >= 0.3 is 5.97 Å². The largest absolute Gasteiger partial charge is 0.481 e. The molecule has 2 aromatic heterocycles. The number of aromatic nitrogens is 1. The molecule has 0 aromatic carbocycles. The molecule has 0 bridgehead atoms. The molecular formula is C9H6BrNO2S2. The summed E-state index contributed by atoms with van der Waals surface area (Å²) in [5.74, 6) is -0.824. The van der Waals surface area contributed by atoms with Crippen molar-refractivity contribution in [3.8, 4) is 10.6 Å². The Morgan fingerprint density at radius 2 is 2.33 bits per heavy atom. The number of halogens is 1. The van der Waals surface area contributed by atoms with E-state index in [4.69, 9.17) is 5.11 Å². The van der Waals surface area contributed by atoms with Crippen LogP contribution in [0.25, 0.3) is 10.6 Å². The Kier molecular flexibility index (Phi) is 3.18. The van der Waals surface area contributed by atoms with E-state index >= 15 is 0 Å². The van der Waals surface area contributed by atoms with Crippen molar-refractivity contribution in [3.63, 3.8) is 0 Å². The first kappa shape index (κ1) is 10.8. The molecule has 0 aliphatic heterocycles. The Bertz CT molecular complexity index is 492. The molecule has 0 fully saturated rings. The number of thiophene rings is 1. The second kappa shape index (κ2) is 4.42. The van der Waals surface area contributed by atoms with Crippen molar-refractivity contribution in [2.75, 3.05) is 0 Å². The lowest BCUT2D eigenvalue weighted by Gasteiger charge is -1.90. The molecule has 0 unspecified atom stereocenters. The molecule has 1 N–H and O–H groups in total. The van der Waals surface area contributed by atoms with Crippen LogP contribution in [0.3, 0.4) is 0 Å². The molecule has 6 heteroatoms. The first-order valence-electron chi connectivity index (χ1n) is 4.05. The standard InChI is InChI=1S/C9H6BrNO2S2/c10-7-4-14-3-6(7)9-11-2-5(15-9)1-8(12)13/h2-4H,1H2,(H,12,13). The average molecular weight is 304 g/mol. The van der Waals surface area contributed by atoms with Gasteiger partial charge in [0.2, 0.25) is 0 Å². The molecule has 2 heterocycles. The average Bonchev–Trinajstić information content (AvgIpc) is 2.72. The van der Waals surface area contributed by atoms with E-state index in [9.17, 15) is 4.79 Å². The van der Waals surface area contributed by atoms with Gasteiger partial charge in [0.05, 0.1) is 6.42 Å². The lowest BCUT2D eigenvalue weighted by molar-refractivity contribution is -0.136. The summed E-state index contributed by atoms with van der Waals surface area (Å²) in [7, 11) is 0. The second-order valence-electron chi connectivity index (χ2n) is 2.84. The zero-order valence-electron chi connectivity index (χ0n) is 7.44. The van der Waals surface area contributed by atoms with Crippen molar-refractivity contribution in [2.45, 2.75) is 6.42 Å². The molecule has 0 amide bonds. The van der Waals surface area contributed by atoms with Gasteiger partial charge < -0.3 is 5.11 Å². The number of rotatable bonds is 3. The molecule has 15 heavy (non-hydrogen) atoms. The predicted octanol–water partition coefficient (Wildman–Crippen LogP) is 3.26. The maximum Gasteiger partial charge on any atom is 0.308 e. The number of carbonyl (C=O) groups is 1. The molecule has 2 rings (SSSR count). The second-order valence-corrected chi connectivity index (χ2v) is 5.55. The molecule has 78 valence electrons. The molecule has 3 nitrogen and oxygen atoms in total. The topological polar surface area (TPSA) is 50.2 Å². The van der Waals surface area contributed by atoms with Crippen LogP contribution in [0, 0.1) is 0 Å². The van der Waals surface area contributed by atoms with Crippen LogP contribution in [-0.2, 0) is 11.2 Å². The van der Waals surface area contributed by atoms with Crippen LogP contribution in [-0.4, -0.2) is 16.1 Å². The van der Waals surface area contributed by atoms with E-state index in [1.54, 1.807) is 17.5 Å². The molecule has 0 saturated heterocycles. The monoisotopic (exact) mass is 303 g/mol. The van der Waals surface area contributed by atoms with Crippen molar-refractivity contribution in [1.29, 1.82) is 0 Å². The van der Waals surface area contributed by atoms with Gasteiger partial charge in [-0.3, -0.25) is 4.79 Å². The van der Waals surface area contributed by atoms with Crippen LogP contribution >= 0.6 is 38.6 Å². The summed E-state index contributed by atoms with van der Waals surface area (Å²) in [5.41, 5.74) is 1.03. The maximum absolute atomic E-state index is 10.5. The summed E-state index contributed by atoms with van der Waals surface area (Å²) < 4.78 is 1.00. The third kappa shape index (κ3) is 2.45. The predicted molar refractivity (Wildman–Crippen MR) is 64.5 cm³/mol. The van der Waals surface area contributed by atoms with Crippen molar-refractivity contribution in [2.24, 2.45) is 0 Å². The molecule has 2 aromatic rings. The van der Waals surface area contributed by atoms with Crippen molar-refractivity contribution < 1.29 is 9.90 Å². The lowest BCUT2D eigenvalue weighted by atomic mass is 10.4. The van der Waals surface area contributed by atoms with E-state index in [0.29, 0.717) is 0 Å². The van der Waals surface area contributed by atoms with Gasteiger partial charge in [0.1, 0.15) is 5.01 Å². The Balaban J connectivity index is 2.28. The van der Waals surface area contributed by atoms with Gasteiger partial charge in [-0.05, 0) is 15.9 Å². The fourth-order valence-corrected chi connectivity index (χ4v) is 3.70. The minimum absolute atomic E-state index is 0.0411. The smallest absolute Gasteiger partial charge is 0.308 e. The SMILES string of the molecule is O=C(O)Cc1cnc(-c2cscc2Br)s1. The number of aliphatic carboxylic acids is 1. The lowest BCUT2D eigenvalue weighted by Crippen LogP contribution is -1.97. The van der Waals surface area contributed by atoms with E-state index < -0.39 is 5.97 Å². The fraction of sp³-hybridized carbons (Fsp3) is 0.111. The summed E-state index contributed by atoms with van der Waals surface area (Å²) in [6.07, 6.45) is 1.66. The van der Waals surface area contributed by atoms with Gasteiger partial charge in [0.25, 0.3) is 0 Å². The van der Waals surface area contributed by atoms with E-state index in [1.165, 1.54) is 11.3 Å². The third-order valence-electron chi connectivity index (χ3n) is 1.72. The van der Waals surface area contributed by atoms with E-state index in [2.05, 4.69) is 20.9 Å². The van der Waals surface area contributed by atoms with Crippen LogP contribution < -0.4 is 0 Å². The molecular weight excluding hydrogens is 298 g/mol. The first-order valence-corrected chi connectivity index (χ1v) is 6.60. The van der Waals surface area contributed by atoms with Crippen LogP contribution in [0.15, 0.2) is 21.4 Å². The summed E-state index contributed by atoms with van der Waals surface area (Å²) in [5, 5.41) is 13.5. The molecule has 0 aliphatic carbocycles. The Morgan fingerprint density at radius 1 is 1.53 bits per heavy atom. The Labute approximate surface area is 103 Å². The van der Waals surface area contributed by atoms with Crippen LogP contribution in [0.4, 0.5) is 0 Å². The summed E-state index contributed by atoms with van der Waals surface area (Å²) in [6.45, 7) is 0. The van der Waals surface area contributed by atoms with Gasteiger partial charge in [-0.15, -0.1) is 11.3 Å². The van der Waals surface area contributed by atoms with Gasteiger partial charge in [-0.1, -0.05) is 0 Å². The fourth-order valence-electron chi connectivity index (χ4n) is 1.10. The van der Waals surface area contributed by atoms with Crippen LogP contribution in [0.2, 0.25) is 0 Å². The van der Waals surface area contributed by atoms with Gasteiger partial charge in [0.15, 0.2) is 0 Å². The minimum atomic E-state index is -0.824. The van der Waals surface area contributed by atoms with Gasteiger partial charge in [-0.2, -0.15) is 11.3 Å². The van der Waals surface area contributed by atoms with Crippen LogP contribution in [0.1, 0.15) is 4.88 Å². The number of carboxylic acids is 1. The zero-order chi connectivity index (χ0) is 10.8. The number of carboxylic acid groups (broad SMARTS) is 1. The number of nitrogens with zero attached hydrogens (tertiary/aromatic N) is 1. The van der Waals surface area contributed by atoms with E-state index in [1.807, 2.05) is 10.8 Å². The Morgan fingerprint density at radius 3 is 2.93 bits per heavy atom. The summed E-state index contributed by atoms with van der Waals surface area (Å²) >= 11 is 6.43. The first-order chi connectivity index (χ1) is 7.16. The number of thiazole rings is 1. The molecule has 0 aliphatic rings. The summed E-state index contributed by atoms with van der Waals surface area (Å²) in [4.78, 5) is 15.5. The van der Waals surface area contributed by atoms with E-state index in [0.717, 1.165) is 19.9 Å². The highest BCUT2D eigenvalue weighted by atomic mass is 79.9. The van der Waals surface area contributed by atoms with Gasteiger partial charge in [0, 0.05) is 31.9 Å². The van der Waals surface area contributed by atoms with E-state index in [-0.39, 0.29) is 6.42 Å². The Hall–Kier alpha value is -0.720. The van der Waals surface area contributed by atoms with Crippen molar-refractivity contribution in [3.05, 3.63) is 26.3 Å². The van der Waals surface area contributed by atoms with Crippen molar-refractivity contribution >= 4 is 44.6 Å². The molecule has 0 spiro atoms. The summed E-state index contributed by atoms with van der Waals surface area (Å²) in [6, 6.07) is 0. The minimum Gasteiger partial charge on any atom is -0.481 e. The zero-order valence-corrected chi connectivity index (χ0v) is 10.7. The normalized spacial score (nSPS) is 10.5. The van der Waals surface area contributed by atoms with Gasteiger partial charge in [-0.25, -0.2) is 4.98 Å². The highest BCUT2D eigenvalue weighted by molar-refractivity contribution is 9.10. The van der Waals surface area contributed by atoms with Crippen molar-refractivity contribution in [1.82, 2.24) is 4.98 Å². The molecule has 0 saturated carbocycles. The number of hydrogen-bond donors (Lipinski definition) is 1. The number of hydrogen-bond acceptors (Lipinski definition) is 4. The molecule has 0 atom stereocenters. The van der Waals surface area contributed by atoms with Crippen LogP contribution in [0.5, 0.6) is 0 Å². The third-order valence-corrected chi connectivity index (χ3v) is 4.46. The highest BCUT2D eigenvalue weighted by Gasteiger charge is 2.10.